The molecule has 1 aliphatic heterocycles. The highest BCUT2D eigenvalue weighted by atomic mass is 16.6. The molecule has 1 aromatic carbocycles. The number of anilines is 1. The fourth-order valence-corrected chi connectivity index (χ4v) is 2.01. The Morgan fingerprint density at radius 1 is 1.35 bits per heavy atom. The van der Waals surface area contributed by atoms with Gasteiger partial charge in [0.25, 0.3) is 5.91 Å². The fraction of sp³-hybridized carbons (Fsp3) is 0.467. The van der Waals surface area contributed by atoms with E-state index in [2.05, 4.69) is 12.2 Å². The summed E-state index contributed by atoms with van der Waals surface area (Å²) in [6.45, 7) is 2.36. The lowest BCUT2D eigenvalue weighted by Gasteiger charge is -2.10. The number of hydrogen-bond donors (Lipinski definition) is 1. The van der Waals surface area contributed by atoms with Crippen molar-refractivity contribution in [3.63, 3.8) is 0 Å². The molecule has 1 fully saturated rings. The van der Waals surface area contributed by atoms with Crippen LogP contribution in [0.4, 0.5) is 5.69 Å². The Balaban J connectivity index is 1.75. The van der Waals surface area contributed by atoms with Crippen molar-refractivity contribution in [2.75, 3.05) is 18.5 Å². The summed E-state index contributed by atoms with van der Waals surface area (Å²) in [6, 6.07) is 7.57. The third-order valence-corrected chi connectivity index (χ3v) is 3.18. The summed E-state index contributed by atoms with van der Waals surface area (Å²) in [7, 11) is 0. The molecule has 1 aliphatic rings. The molecule has 1 saturated heterocycles. The molecule has 0 spiro atoms. The summed E-state index contributed by atoms with van der Waals surface area (Å²) in [5, 5.41) is 2.68. The Hall–Kier alpha value is -1.88. The smallest absolute Gasteiger partial charge is 0.335 e. The zero-order valence-electron chi connectivity index (χ0n) is 11.6. The van der Waals surface area contributed by atoms with Gasteiger partial charge >= 0.3 is 5.97 Å². The van der Waals surface area contributed by atoms with Crippen molar-refractivity contribution in [2.45, 2.75) is 32.3 Å². The number of aryl methyl sites for hydroxylation is 1. The van der Waals surface area contributed by atoms with Gasteiger partial charge in [0.1, 0.15) is 0 Å². The Labute approximate surface area is 118 Å². The van der Waals surface area contributed by atoms with E-state index in [0.29, 0.717) is 18.7 Å². The number of carbonyl (C=O) groups excluding carboxylic acids is 2. The standard InChI is InChI=1S/C15H19NO4/c1-2-11-5-7-12(8-6-11)16-14(17)10-20-15(18)13-4-3-9-19-13/h5-8,13H,2-4,9-10H2,1H3,(H,16,17)/t13-/m1/s1. The van der Waals surface area contributed by atoms with Crippen LogP contribution in [0.2, 0.25) is 0 Å². The van der Waals surface area contributed by atoms with Crippen LogP contribution in [0.15, 0.2) is 24.3 Å². The maximum absolute atomic E-state index is 11.7. The average molecular weight is 277 g/mol. The lowest BCUT2D eigenvalue weighted by atomic mass is 10.1. The number of nitrogens with one attached hydrogen (secondary N) is 1. The molecule has 1 N–H and O–H groups in total. The van der Waals surface area contributed by atoms with Gasteiger partial charge in [-0.3, -0.25) is 4.79 Å². The van der Waals surface area contributed by atoms with Crippen molar-refractivity contribution in [1.29, 1.82) is 0 Å². The normalized spacial score (nSPS) is 17.8. The van der Waals surface area contributed by atoms with Gasteiger partial charge in [0, 0.05) is 12.3 Å². The minimum atomic E-state index is -0.508. The van der Waals surface area contributed by atoms with Gasteiger partial charge in [0.15, 0.2) is 12.7 Å². The maximum atomic E-state index is 11.7. The summed E-state index contributed by atoms with van der Waals surface area (Å²) >= 11 is 0. The van der Waals surface area contributed by atoms with E-state index in [4.69, 9.17) is 9.47 Å². The predicted octanol–water partition coefficient (Wildman–Crippen LogP) is 1.91. The van der Waals surface area contributed by atoms with Crippen LogP contribution in [0.3, 0.4) is 0 Å². The minimum absolute atomic E-state index is 0.284. The van der Waals surface area contributed by atoms with E-state index in [-0.39, 0.29) is 12.5 Å². The van der Waals surface area contributed by atoms with Crippen molar-refractivity contribution >= 4 is 17.6 Å². The molecule has 5 heteroatoms. The highest BCUT2D eigenvalue weighted by Gasteiger charge is 2.25. The second-order valence-electron chi connectivity index (χ2n) is 4.71. The van der Waals surface area contributed by atoms with Gasteiger partial charge < -0.3 is 14.8 Å². The second kappa shape index (κ2) is 7.05. The Morgan fingerprint density at radius 3 is 2.70 bits per heavy atom. The molecule has 0 radical (unpaired) electrons. The Bertz CT molecular complexity index is 463. The molecule has 0 bridgehead atoms. The molecule has 1 amide bonds. The number of esters is 1. The van der Waals surface area contributed by atoms with E-state index in [1.54, 1.807) is 0 Å². The van der Waals surface area contributed by atoms with Crippen LogP contribution in [0, 0.1) is 0 Å². The molecule has 1 aromatic rings. The monoisotopic (exact) mass is 277 g/mol. The summed E-state index contributed by atoms with van der Waals surface area (Å²) in [5.74, 6) is -0.806. The second-order valence-corrected chi connectivity index (χ2v) is 4.71. The molecule has 1 heterocycles. The number of rotatable bonds is 5. The third-order valence-electron chi connectivity index (χ3n) is 3.18. The SMILES string of the molecule is CCc1ccc(NC(=O)COC(=O)[C@H]2CCCO2)cc1. The number of carbonyl (C=O) groups is 2. The maximum Gasteiger partial charge on any atom is 0.335 e. The van der Waals surface area contributed by atoms with Crippen molar-refractivity contribution in [2.24, 2.45) is 0 Å². The zero-order valence-corrected chi connectivity index (χ0v) is 11.6. The van der Waals surface area contributed by atoms with Gasteiger partial charge in [0.05, 0.1) is 0 Å². The molecule has 0 aromatic heterocycles. The lowest BCUT2D eigenvalue weighted by Crippen LogP contribution is -2.27. The van der Waals surface area contributed by atoms with E-state index in [1.807, 2.05) is 24.3 Å². The van der Waals surface area contributed by atoms with Crippen LogP contribution in [0.5, 0.6) is 0 Å². The molecule has 108 valence electrons. The van der Waals surface area contributed by atoms with Gasteiger partial charge in [0.2, 0.25) is 0 Å². The molecular weight excluding hydrogens is 258 g/mol. The van der Waals surface area contributed by atoms with Crippen molar-refractivity contribution < 1.29 is 19.1 Å². The molecule has 0 unspecified atom stereocenters. The minimum Gasteiger partial charge on any atom is -0.454 e. The van der Waals surface area contributed by atoms with Crippen molar-refractivity contribution in [3.8, 4) is 0 Å². The summed E-state index contributed by atoms with van der Waals surface area (Å²) in [4.78, 5) is 23.2. The summed E-state index contributed by atoms with van der Waals surface area (Å²) < 4.78 is 10.1. The third kappa shape index (κ3) is 4.06. The van der Waals surface area contributed by atoms with Gasteiger partial charge in [-0.1, -0.05) is 19.1 Å². The Morgan fingerprint density at radius 2 is 2.10 bits per heavy atom. The zero-order chi connectivity index (χ0) is 14.4. The van der Waals surface area contributed by atoms with Crippen LogP contribution in [-0.4, -0.2) is 31.2 Å². The van der Waals surface area contributed by atoms with Crippen LogP contribution in [-0.2, 0) is 25.5 Å². The largest absolute Gasteiger partial charge is 0.454 e. The summed E-state index contributed by atoms with van der Waals surface area (Å²) in [5.41, 5.74) is 1.90. The van der Waals surface area contributed by atoms with Crippen molar-refractivity contribution in [1.82, 2.24) is 0 Å². The van der Waals surface area contributed by atoms with Gasteiger partial charge in [-0.25, -0.2) is 4.79 Å². The van der Waals surface area contributed by atoms with Crippen molar-refractivity contribution in [3.05, 3.63) is 29.8 Å². The van der Waals surface area contributed by atoms with Gasteiger partial charge in [-0.15, -0.1) is 0 Å². The summed E-state index contributed by atoms with van der Waals surface area (Å²) in [6.07, 6.45) is 1.97. The first kappa shape index (κ1) is 14.5. The van der Waals surface area contributed by atoms with Gasteiger partial charge in [-0.2, -0.15) is 0 Å². The van der Waals surface area contributed by atoms with E-state index in [0.717, 1.165) is 12.8 Å². The molecular formula is C15H19NO4. The first-order valence-corrected chi connectivity index (χ1v) is 6.86. The quantitative estimate of drug-likeness (QED) is 0.835. The molecule has 1 atom stereocenters. The predicted molar refractivity (Wildman–Crippen MR) is 74.4 cm³/mol. The van der Waals surface area contributed by atoms with Crippen LogP contribution >= 0.6 is 0 Å². The molecule has 0 saturated carbocycles. The topological polar surface area (TPSA) is 64.6 Å². The molecule has 2 rings (SSSR count). The first-order chi connectivity index (χ1) is 9.69. The van der Waals surface area contributed by atoms with E-state index in [1.165, 1.54) is 5.56 Å². The van der Waals surface area contributed by atoms with Crippen LogP contribution in [0.25, 0.3) is 0 Å². The number of hydrogen-bond acceptors (Lipinski definition) is 4. The van der Waals surface area contributed by atoms with E-state index in [9.17, 15) is 9.59 Å². The van der Waals surface area contributed by atoms with E-state index < -0.39 is 12.1 Å². The number of ether oxygens (including phenoxy) is 2. The van der Waals surface area contributed by atoms with Gasteiger partial charge in [-0.05, 0) is 37.0 Å². The average Bonchev–Trinajstić information content (AvgIpc) is 3.00. The molecule has 0 aliphatic carbocycles. The molecule has 20 heavy (non-hydrogen) atoms. The number of amides is 1. The van der Waals surface area contributed by atoms with Crippen LogP contribution < -0.4 is 5.32 Å². The van der Waals surface area contributed by atoms with E-state index >= 15 is 0 Å². The number of benzene rings is 1. The Kier molecular flexibility index (Phi) is 5.12. The highest BCUT2D eigenvalue weighted by Crippen LogP contribution is 2.13. The molecule has 5 nitrogen and oxygen atoms in total. The van der Waals surface area contributed by atoms with Crippen LogP contribution in [0.1, 0.15) is 25.3 Å². The highest BCUT2D eigenvalue weighted by molar-refractivity contribution is 5.93. The lowest BCUT2D eigenvalue weighted by molar-refractivity contribution is -0.156. The first-order valence-electron chi connectivity index (χ1n) is 6.86. The fourth-order valence-electron chi connectivity index (χ4n) is 2.01.